The van der Waals surface area contributed by atoms with Crippen LogP contribution in [-0.4, -0.2) is 22.4 Å². The van der Waals surface area contributed by atoms with E-state index in [4.69, 9.17) is 10.8 Å². The largest absolute Gasteiger partial charge is 0.480 e. The van der Waals surface area contributed by atoms with E-state index in [1.165, 1.54) is 13.8 Å². The molecule has 0 aliphatic carbocycles. The van der Waals surface area contributed by atoms with Gasteiger partial charge in [0.05, 0.1) is 0 Å². The maximum absolute atomic E-state index is 9.57. The molecular formula is C5H10ClNO3. The zero-order valence-electron chi connectivity index (χ0n) is 5.80. The fraction of sp³-hybridized carbons (Fsp3) is 0.600. The van der Waals surface area contributed by atoms with Gasteiger partial charge in [0.1, 0.15) is 6.04 Å². The fourth-order valence-electron chi connectivity index (χ4n) is 0. The SMILES string of the molecule is CC(=O)Cl.CC(N)C(=O)O. The van der Waals surface area contributed by atoms with E-state index in [2.05, 4.69) is 11.6 Å². The number of carboxylic acids is 1. The number of carboxylic acid groups (broad SMARTS) is 1. The smallest absolute Gasteiger partial charge is 0.320 e. The second-order valence-electron chi connectivity index (χ2n) is 1.60. The van der Waals surface area contributed by atoms with Crippen LogP contribution in [-0.2, 0) is 9.59 Å². The average Bonchev–Trinajstić information content (AvgIpc) is 1.63. The first-order valence-corrected chi connectivity index (χ1v) is 2.90. The summed E-state index contributed by atoms with van der Waals surface area (Å²) >= 11 is 4.64. The van der Waals surface area contributed by atoms with Crippen LogP contribution in [0.15, 0.2) is 0 Å². The Balaban J connectivity index is 0. The van der Waals surface area contributed by atoms with Gasteiger partial charge in [0, 0.05) is 6.92 Å². The molecule has 0 aliphatic rings. The minimum absolute atomic E-state index is 0.361. The normalized spacial score (nSPS) is 10.8. The van der Waals surface area contributed by atoms with Gasteiger partial charge in [-0.05, 0) is 18.5 Å². The quantitative estimate of drug-likeness (QED) is 0.547. The van der Waals surface area contributed by atoms with Crippen molar-refractivity contribution in [1.82, 2.24) is 0 Å². The molecule has 0 aromatic heterocycles. The number of hydrogen-bond acceptors (Lipinski definition) is 3. The predicted molar refractivity (Wildman–Crippen MR) is 37.8 cm³/mol. The molecule has 0 rings (SSSR count). The summed E-state index contributed by atoms with van der Waals surface area (Å²) in [5.41, 5.74) is 4.84. The topological polar surface area (TPSA) is 80.4 Å². The Morgan fingerprint density at radius 3 is 1.70 bits per heavy atom. The highest BCUT2D eigenvalue weighted by atomic mass is 35.5. The van der Waals surface area contributed by atoms with E-state index in [1.807, 2.05) is 0 Å². The zero-order chi connectivity index (χ0) is 8.73. The molecule has 1 unspecified atom stereocenters. The lowest BCUT2D eigenvalue weighted by Crippen LogP contribution is -2.25. The molecule has 0 fully saturated rings. The van der Waals surface area contributed by atoms with E-state index in [0.717, 1.165) is 0 Å². The van der Waals surface area contributed by atoms with E-state index >= 15 is 0 Å². The first kappa shape index (κ1) is 12.1. The molecule has 60 valence electrons. The third kappa shape index (κ3) is 26.3. The highest BCUT2D eigenvalue weighted by molar-refractivity contribution is 6.62. The van der Waals surface area contributed by atoms with Gasteiger partial charge in [0.15, 0.2) is 0 Å². The molecule has 1 atom stereocenters. The van der Waals surface area contributed by atoms with Crippen molar-refractivity contribution in [2.24, 2.45) is 5.73 Å². The van der Waals surface area contributed by atoms with E-state index in [9.17, 15) is 9.59 Å². The predicted octanol–water partition coefficient (Wildman–Crippen LogP) is 0.190. The number of hydrogen-bond donors (Lipinski definition) is 2. The third-order valence-electron chi connectivity index (χ3n) is 0.390. The van der Waals surface area contributed by atoms with Crippen LogP contribution in [0.3, 0.4) is 0 Å². The Labute approximate surface area is 64.0 Å². The second-order valence-corrected chi connectivity index (χ2v) is 2.13. The van der Waals surface area contributed by atoms with Gasteiger partial charge >= 0.3 is 5.97 Å². The summed E-state index contributed by atoms with van der Waals surface area (Å²) in [7, 11) is 0. The van der Waals surface area contributed by atoms with Crippen molar-refractivity contribution in [3.05, 3.63) is 0 Å². The van der Waals surface area contributed by atoms with Crippen molar-refractivity contribution in [2.75, 3.05) is 0 Å². The monoisotopic (exact) mass is 167 g/mol. The van der Waals surface area contributed by atoms with E-state index in [1.54, 1.807) is 0 Å². The van der Waals surface area contributed by atoms with E-state index in [0.29, 0.717) is 0 Å². The van der Waals surface area contributed by atoms with Crippen LogP contribution in [0.25, 0.3) is 0 Å². The van der Waals surface area contributed by atoms with Gasteiger partial charge in [0.25, 0.3) is 0 Å². The molecule has 10 heavy (non-hydrogen) atoms. The number of aliphatic carboxylic acids is 1. The summed E-state index contributed by atoms with van der Waals surface area (Å²) in [4.78, 5) is 18.8. The Kier molecular flexibility index (Phi) is 7.88. The van der Waals surface area contributed by atoms with Crippen molar-refractivity contribution in [3.63, 3.8) is 0 Å². The van der Waals surface area contributed by atoms with Crippen molar-refractivity contribution in [1.29, 1.82) is 0 Å². The molecule has 0 heterocycles. The Hall–Kier alpha value is -0.610. The van der Waals surface area contributed by atoms with Crippen LogP contribution >= 0.6 is 11.6 Å². The molecule has 3 N–H and O–H groups in total. The summed E-state index contributed by atoms with van der Waals surface area (Å²) in [6, 6.07) is -0.731. The Bertz CT molecular complexity index is 120. The zero-order valence-corrected chi connectivity index (χ0v) is 6.55. The molecule has 0 amide bonds. The first-order chi connectivity index (χ1) is 4.37. The van der Waals surface area contributed by atoms with Gasteiger partial charge in [-0.1, -0.05) is 0 Å². The number of rotatable bonds is 1. The van der Waals surface area contributed by atoms with Crippen LogP contribution in [0.4, 0.5) is 0 Å². The summed E-state index contributed by atoms with van der Waals surface area (Å²) < 4.78 is 0. The van der Waals surface area contributed by atoms with Gasteiger partial charge in [-0.3, -0.25) is 9.59 Å². The first-order valence-electron chi connectivity index (χ1n) is 2.52. The molecule has 0 aromatic rings. The van der Waals surface area contributed by atoms with E-state index < -0.39 is 12.0 Å². The number of carbonyl (C=O) groups excluding carboxylic acids is 1. The highest BCUT2D eigenvalue weighted by Gasteiger charge is 1.99. The van der Waals surface area contributed by atoms with Crippen LogP contribution in [0.2, 0.25) is 0 Å². The highest BCUT2D eigenvalue weighted by Crippen LogP contribution is 1.68. The lowest BCUT2D eigenvalue weighted by Gasteiger charge is -1.90. The molecule has 0 radical (unpaired) electrons. The van der Waals surface area contributed by atoms with Crippen LogP contribution in [0, 0.1) is 0 Å². The fourth-order valence-corrected chi connectivity index (χ4v) is 0. The number of halogens is 1. The van der Waals surface area contributed by atoms with Gasteiger partial charge in [-0.2, -0.15) is 0 Å². The summed E-state index contributed by atoms with van der Waals surface area (Å²) in [5.74, 6) is -0.963. The standard InChI is InChI=1S/C3H7NO2.C2H3ClO/c1-2(4)3(5)6;1-2(3)4/h2H,4H2,1H3,(H,5,6);1H3. The van der Waals surface area contributed by atoms with Gasteiger partial charge in [-0.25, -0.2) is 0 Å². The molecule has 0 spiro atoms. The Morgan fingerprint density at radius 2 is 1.70 bits per heavy atom. The maximum atomic E-state index is 9.57. The van der Waals surface area contributed by atoms with Crippen molar-refractivity contribution in [2.45, 2.75) is 19.9 Å². The summed E-state index contributed by atoms with van der Waals surface area (Å²) in [5, 5.41) is 7.50. The lowest BCUT2D eigenvalue weighted by atomic mass is 10.4. The molecule has 0 aromatic carbocycles. The van der Waals surface area contributed by atoms with Crippen molar-refractivity contribution < 1.29 is 14.7 Å². The molecule has 0 aliphatic heterocycles. The van der Waals surface area contributed by atoms with Gasteiger partial charge in [-0.15, -0.1) is 0 Å². The summed E-state index contributed by atoms with van der Waals surface area (Å²) in [6.07, 6.45) is 0. The van der Waals surface area contributed by atoms with Crippen molar-refractivity contribution in [3.8, 4) is 0 Å². The molecule has 4 nitrogen and oxygen atoms in total. The molecule has 0 bridgehead atoms. The van der Waals surface area contributed by atoms with Crippen LogP contribution < -0.4 is 5.73 Å². The minimum atomic E-state index is -0.963. The third-order valence-corrected chi connectivity index (χ3v) is 0.390. The van der Waals surface area contributed by atoms with Crippen molar-refractivity contribution >= 4 is 22.8 Å². The molecular weight excluding hydrogens is 158 g/mol. The summed E-state index contributed by atoms with van der Waals surface area (Å²) in [6.45, 7) is 2.71. The van der Waals surface area contributed by atoms with E-state index in [-0.39, 0.29) is 5.24 Å². The molecule has 0 saturated heterocycles. The Morgan fingerprint density at radius 1 is 1.60 bits per heavy atom. The number of nitrogens with two attached hydrogens (primary N) is 1. The minimum Gasteiger partial charge on any atom is -0.480 e. The second kappa shape index (κ2) is 6.51. The van der Waals surface area contributed by atoms with Gasteiger partial charge < -0.3 is 10.8 Å². The maximum Gasteiger partial charge on any atom is 0.320 e. The average molecular weight is 168 g/mol. The van der Waals surface area contributed by atoms with Crippen LogP contribution in [0.5, 0.6) is 0 Å². The molecule has 5 heteroatoms. The lowest BCUT2D eigenvalue weighted by molar-refractivity contribution is -0.138. The number of carbonyl (C=O) groups is 2. The van der Waals surface area contributed by atoms with Gasteiger partial charge in [0.2, 0.25) is 5.24 Å². The molecule has 0 saturated carbocycles. The van der Waals surface area contributed by atoms with Crippen LogP contribution in [0.1, 0.15) is 13.8 Å².